The zero-order valence-electron chi connectivity index (χ0n) is 16.1. The highest BCUT2D eigenvalue weighted by molar-refractivity contribution is 6.07. The number of ether oxygens (including phenoxy) is 1. The van der Waals surface area contributed by atoms with Gasteiger partial charge >= 0.3 is 6.03 Å². The van der Waals surface area contributed by atoms with Gasteiger partial charge in [0.25, 0.3) is 11.6 Å². The van der Waals surface area contributed by atoms with Crippen molar-refractivity contribution in [3.8, 4) is 5.75 Å². The van der Waals surface area contributed by atoms with Crippen LogP contribution in [-0.2, 0) is 16.9 Å². The number of amides is 3. The zero-order valence-corrected chi connectivity index (χ0v) is 16.1. The summed E-state index contributed by atoms with van der Waals surface area (Å²) in [5.74, 6) is -0.287. The van der Waals surface area contributed by atoms with Crippen molar-refractivity contribution in [3.63, 3.8) is 0 Å². The van der Waals surface area contributed by atoms with E-state index in [1.807, 2.05) is 0 Å². The Morgan fingerprint density at radius 3 is 2.59 bits per heavy atom. The summed E-state index contributed by atoms with van der Waals surface area (Å²) in [5.41, 5.74) is -0.410. The van der Waals surface area contributed by atoms with Crippen molar-refractivity contribution in [3.05, 3.63) is 69.3 Å². The number of carbonyl (C=O) groups excluding carboxylic acids is 3. The molecule has 1 aliphatic rings. The third-order valence-electron chi connectivity index (χ3n) is 4.92. The van der Waals surface area contributed by atoms with E-state index in [0.717, 1.165) is 4.90 Å². The van der Waals surface area contributed by atoms with Crippen LogP contribution in [0.1, 0.15) is 35.3 Å². The van der Waals surface area contributed by atoms with Crippen molar-refractivity contribution in [2.75, 3.05) is 7.11 Å². The van der Waals surface area contributed by atoms with Crippen LogP contribution in [-0.4, -0.2) is 34.7 Å². The summed E-state index contributed by atoms with van der Waals surface area (Å²) >= 11 is 0. The van der Waals surface area contributed by atoms with Crippen LogP contribution < -0.4 is 10.1 Å². The molecule has 1 fully saturated rings. The van der Waals surface area contributed by atoms with Crippen LogP contribution in [0.25, 0.3) is 0 Å². The van der Waals surface area contributed by atoms with Crippen LogP contribution in [0.5, 0.6) is 5.75 Å². The fraction of sp³-hybridized carbons (Fsp3) is 0.250. The predicted molar refractivity (Wildman–Crippen MR) is 103 cm³/mol. The molecule has 3 amide bonds. The van der Waals surface area contributed by atoms with E-state index in [4.69, 9.17) is 4.74 Å². The highest BCUT2D eigenvalue weighted by Crippen LogP contribution is 2.33. The molecule has 29 heavy (non-hydrogen) atoms. The molecule has 1 atom stereocenters. The molecule has 0 radical (unpaired) electrons. The topological polar surface area (TPSA) is 119 Å². The molecule has 2 aromatic rings. The Bertz CT molecular complexity index is 1030. The number of benzene rings is 2. The van der Waals surface area contributed by atoms with Gasteiger partial charge in [0.05, 0.1) is 18.6 Å². The van der Waals surface area contributed by atoms with E-state index in [1.165, 1.54) is 39.2 Å². The quantitative estimate of drug-likeness (QED) is 0.346. The summed E-state index contributed by atoms with van der Waals surface area (Å²) in [7, 11) is 1.45. The van der Waals surface area contributed by atoms with Gasteiger partial charge in [0.2, 0.25) is 0 Å². The molecule has 9 nitrogen and oxygen atoms in total. The molecule has 9 heteroatoms. The standard InChI is InChI=1S/C20H19N3O6/c1-12(24)13-7-8-17(29-3)14(9-13)11-22-18(25)20(2,21-19(22)26)15-5-4-6-16(10-15)23(27)28/h4-10H,11H2,1-3H3,(H,21,26). The summed E-state index contributed by atoms with van der Waals surface area (Å²) in [6.07, 6.45) is 0. The van der Waals surface area contributed by atoms with Crippen molar-refractivity contribution in [2.24, 2.45) is 0 Å². The molecule has 2 aromatic carbocycles. The monoisotopic (exact) mass is 397 g/mol. The summed E-state index contributed by atoms with van der Waals surface area (Å²) in [6, 6.07) is 9.71. The van der Waals surface area contributed by atoms with Gasteiger partial charge in [-0.1, -0.05) is 12.1 Å². The number of imide groups is 1. The summed E-state index contributed by atoms with van der Waals surface area (Å²) in [5, 5.41) is 13.7. The maximum absolute atomic E-state index is 13.1. The van der Waals surface area contributed by atoms with Crippen molar-refractivity contribution < 1.29 is 24.0 Å². The first-order chi connectivity index (χ1) is 13.7. The number of urea groups is 1. The number of ketones is 1. The molecule has 3 rings (SSSR count). The van der Waals surface area contributed by atoms with E-state index in [-0.39, 0.29) is 18.0 Å². The molecule has 1 N–H and O–H groups in total. The van der Waals surface area contributed by atoms with Crippen molar-refractivity contribution in [2.45, 2.75) is 25.9 Å². The van der Waals surface area contributed by atoms with Gasteiger partial charge in [-0.05, 0) is 37.6 Å². The molecular weight excluding hydrogens is 378 g/mol. The molecule has 1 heterocycles. The van der Waals surface area contributed by atoms with E-state index in [2.05, 4.69) is 5.32 Å². The van der Waals surface area contributed by atoms with E-state index in [9.17, 15) is 24.5 Å². The minimum absolute atomic E-state index is 0.112. The molecule has 1 aliphatic heterocycles. The lowest BCUT2D eigenvalue weighted by Gasteiger charge is -2.22. The van der Waals surface area contributed by atoms with Crippen LogP contribution in [0.2, 0.25) is 0 Å². The molecule has 0 aliphatic carbocycles. The Morgan fingerprint density at radius 2 is 1.97 bits per heavy atom. The van der Waals surface area contributed by atoms with Crippen molar-refractivity contribution in [1.29, 1.82) is 0 Å². The Hall–Kier alpha value is -3.75. The van der Waals surface area contributed by atoms with Gasteiger partial charge in [-0.15, -0.1) is 0 Å². The minimum Gasteiger partial charge on any atom is -0.496 e. The Balaban J connectivity index is 1.96. The van der Waals surface area contributed by atoms with Crippen molar-refractivity contribution >= 4 is 23.4 Å². The van der Waals surface area contributed by atoms with Gasteiger partial charge in [0, 0.05) is 23.3 Å². The Kier molecular flexibility index (Phi) is 5.06. The summed E-state index contributed by atoms with van der Waals surface area (Å²) in [4.78, 5) is 48.9. The average molecular weight is 397 g/mol. The van der Waals surface area contributed by atoms with Crippen LogP contribution in [0.15, 0.2) is 42.5 Å². The van der Waals surface area contributed by atoms with E-state index in [1.54, 1.807) is 24.3 Å². The third-order valence-corrected chi connectivity index (χ3v) is 4.92. The maximum atomic E-state index is 13.1. The second-order valence-electron chi connectivity index (χ2n) is 6.84. The fourth-order valence-electron chi connectivity index (χ4n) is 3.26. The number of Topliss-reactive ketones (excluding diaryl/α,β-unsaturated/α-hetero) is 1. The predicted octanol–water partition coefficient (Wildman–Crippen LogP) is 2.77. The molecular formula is C20H19N3O6. The molecule has 1 saturated heterocycles. The van der Waals surface area contributed by atoms with Gasteiger partial charge in [0.15, 0.2) is 5.78 Å². The molecule has 0 bridgehead atoms. The van der Waals surface area contributed by atoms with Crippen LogP contribution >= 0.6 is 0 Å². The van der Waals surface area contributed by atoms with E-state index < -0.39 is 22.4 Å². The number of nitro groups is 1. The summed E-state index contributed by atoms with van der Waals surface area (Å²) in [6.45, 7) is 2.80. The smallest absolute Gasteiger partial charge is 0.325 e. The first kappa shape index (κ1) is 20.0. The molecule has 0 aromatic heterocycles. The first-order valence-corrected chi connectivity index (χ1v) is 8.74. The highest BCUT2D eigenvalue weighted by atomic mass is 16.6. The third kappa shape index (κ3) is 3.54. The number of non-ortho nitro benzene ring substituents is 1. The maximum Gasteiger partial charge on any atom is 0.325 e. The lowest BCUT2D eigenvalue weighted by atomic mass is 9.91. The number of hydrogen-bond donors (Lipinski definition) is 1. The number of rotatable bonds is 6. The van der Waals surface area contributed by atoms with Gasteiger partial charge in [-0.2, -0.15) is 0 Å². The lowest BCUT2D eigenvalue weighted by Crippen LogP contribution is -2.40. The van der Waals surface area contributed by atoms with Gasteiger partial charge in [-0.3, -0.25) is 24.6 Å². The number of methoxy groups -OCH3 is 1. The van der Waals surface area contributed by atoms with Gasteiger partial charge in [-0.25, -0.2) is 4.79 Å². The van der Waals surface area contributed by atoms with E-state index in [0.29, 0.717) is 22.4 Å². The first-order valence-electron chi connectivity index (χ1n) is 8.74. The van der Waals surface area contributed by atoms with Gasteiger partial charge < -0.3 is 10.1 Å². The SMILES string of the molecule is COc1ccc(C(C)=O)cc1CN1C(=O)NC(C)(c2cccc([N+](=O)[O-])c2)C1=O. The number of carbonyl (C=O) groups is 3. The second kappa shape index (κ2) is 7.34. The van der Waals surface area contributed by atoms with E-state index >= 15 is 0 Å². The second-order valence-corrected chi connectivity index (χ2v) is 6.84. The highest BCUT2D eigenvalue weighted by Gasteiger charge is 2.49. The zero-order chi connectivity index (χ0) is 21.3. The fourth-order valence-corrected chi connectivity index (χ4v) is 3.26. The minimum atomic E-state index is -1.45. The molecule has 1 unspecified atom stereocenters. The Morgan fingerprint density at radius 1 is 1.24 bits per heavy atom. The van der Waals surface area contributed by atoms with Crippen LogP contribution in [0, 0.1) is 10.1 Å². The Labute approximate surface area is 166 Å². The largest absolute Gasteiger partial charge is 0.496 e. The van der Waals surface area contributed by atoms with Crippen LogP contribution in [0.3, 0.4) is 0 Å². The molecule has 0 spiro atoms. The normalized spacial score (nSPS) is 18.5. The molecule has 150 valence electrons. The lowest BCUT2D eigenvalue weighted by molar-refractivity contribution is -0.385. The average Bonchev–Trinajstić information content (AvgIpc) is 2.92. The number of nitro benzene ring substituents is 1. The number of hydrogen-bond acceptors (Lipinski definition) is 6. The van der Waals surface area contributed by atoms with Gasteiger partial charge in [0.1, 0.15) is 11.3 Å². The van der Waals surface area contributed by atoms with Crippen LogP contribution in [0.4, 0.5) is 10.5 Å². The molecule has 0 saturated carbocycles. The number of nitrogens with zero attached hydrogens (tertiary/aromatic N) is 2. The number of nitrogens with one attached hydrogen (secondary N) is 1. The summed E-state index contributed by atoms with van der Waals surface area (Å²) < 4.78 is 5.28. The van der Waals surface area contributed by atoms with Crippen molar-refractivity contribution in [1.82, 2.24) is 10.2 Å².